The van der Waals surface area contributed by atoms with Gasteiger partial charge in [-0.1, -0.05) is 12.1 Å². The smallest absolute Gasteiger partial charge is 0.241 e. The number of benzene rings is 1. The fourth-order valence-corrected chi connectivity index (χ4v) is 3.00. The third-order valence-electron chi connectivity index (χ3n) is 4.66. The second-order valence-corrected chi connectivity index (χ2v) is 6.69. The van der Waals surface area contributed by atoms with Crippen molar-refractivity contribution < 1.29 is 9.53 Å². The molecule has 1 N–H and O–H groups in total. The Bertz CT molecular complexity index is 840. The molecule has 0 spiro atoms. The maximum Gasteiger partial charge on any atom is 0.241 e. The van der Waals surface area contributed by atoms with Gasteiger partial charge in [0.1, 0.15) is 18.0 Å². The molecule has 0 saturated heterocycles. The van der Waals surface area contributed by atoms with Gasteiger partial charge in [0.15, 0.2) is 11.4 Å². The Kier molecular flexibility index (Phi) is 3.92. The number of nitrogens with zero attached hydrogens (tertiary/aromatic N) is 3. The van der Waals surface area contributed by atoms with Crippen LogP contribution in [-0.2, 0) is 11.3 Å². The third-order valence-corrected chi connectivity index (χ3v) is 4.66. The molecule has 6 heteroatoms. The number of nitrogens with one attached hydrogen (secondary N) is 1. The van der Waals surface area contributed by atoms with Crippen LogP contribution >= 0.6 is 0 Å². The number of likely N-dealkylation sites (N-methyl/N-ethyl adjacent to an activating group) is 1. The molecular weight excluding hydrogens is 316 g/mol. The van der Waals surface area contributed by atoms with Crippen molar-refractivity contribution in [2.24, 2.45) is 0 Å². The van der Waals surface area contributed by atoms with Crippen LogP contribution in [0.3, 0.4) is 0 Å². The molecule has 0 radical (unpaired) electrons. The van der Waals surface area contributed by atoms with Crippen LogP contribution in [-0.4, -0.2) is 22.7 Å². The van der Waals surface area contributed by atoms with Crippen molar-refractivity contribution in [3.63, 3.8) is 0 Å². The summed E-state index contributed by atoms with van der Waals surface area (Å²) in [6.07, 6.45) is 4.45. The van der Waals surface area contributed by atoms with E-state index in [0.29, 0.717) is 23.3 Å². The standard InChI is InChI=1S/C19H20N4O2/c1-20-14-7-9-15(10-8-14)25-19-17(12-3-4-12)22-23(11-16(24)21-2)18(19)13-5-6-13/h7-10,12-13H,3-6,11H2,2H3,(H,21,24). The van der Waals surface area contributed by atoms with Crippen molar-refractivity contribution in [2.75, 3.05) is 7.05 Å². The van der Waals surface area contributed by atoms with E-state index in [1.54, 1.807) is 19.2 Å². The van der Waals surface area contributed by atoms with E-state index in [2.05, 4.69) is 10.2 Å². The van der Waals surface area contributed by atoms with Crippen LogP contribution in [0.5, 0.6) is 11.5 Å². The number of aromatic nitrogens is 2. The van der Waals surface area contributed by atoms with Crippen LogP contribution in [0.25, 0.3) is 4.85 Å². The quantitative estimate of drug-likeness (QED) is 0.818. The van der Waals surface area contributed by atoms with E-state index in [9.17, 15) is 4.79 Å². The van der Waals surface area contributed by atoms with Crippen LogP contribution in [0, 0.1) is 6.57 Å². The maximum atomic E-state index is 11.9. The van der Waals surface area contributed by atoms with Gasteiger partial charge in [0.2, 0.25) is 5.91 Å². The van der Waals surface area contributed by atoms with Crippen LogP contribution in [0.4, 0.5) is 5.69 Å². The molecule has 0 bridgehead atoms. The number of amides is 1. The zero-order valence-electron chi connectivity index (χ0n) is 14.2. The fraction of sp³-hybridized carbons (Fsp3) is 0.421. The first-order valence-corrected chi connectivity index (χ1v) is 8.66. The summed E-state index contributed by atoms with van der Waals surface area (Å²) in [5, 5.41) is 7.40. The average Bonchev–Trinajstić information content (AvgIpc) is 3.54. The SMILES string of the molecule is [C-]#[N+]c1ccc(Oc2c(C3CC3)nn(CC(=O)NC)c2C2CC2)cc1. The molecule has 1 aromatic carbocycles. The van der Waals surface area contributed by atoms with E-state index >= 15 is 0 Å². The molecule has 2 aliphatic rings. The summed E-state index contributed by atoms with van der Waals surface area (Å²) < 4.78 is 8.05. The Morgan fingerprint density at radius 1 is 1.28 bits per heavy atom. The van der Waals surface area contributed by atoms with E-state index in [1.165, 1.54) is 0 Å². The normalized spacial score (nSPS) is 16.3. The lowest BCUT2D eigenvalue weighted by Crippen LogP contribution is -2.25. The highest BCUT2D eigenvalue weighted by atomic mass is 16.5. The molecule has 2 fully saturated rings. The average molecular weight is 336 g/mol. The molecule has 1 aromatic heterocycles. The molecule has 2 aromatic rings. The minimum absolute atomic E-state index is 0.0558. The summed E-state index contributed by atoms with van der Waals surface area (Å²) in [6.45, 7) is 7.28. The molecule has 25 heavy (non-hydrogen) atoms. The van der Waals surface area contributed by atoms with E-state index in [-0.39, 0.29) is 12.5 Å². The maximum absolute atomic E-state index is 11.9. The van der Waals surface area contributed by atoms with Gasteiger partial charge < -0.3 is 10.1 Å². The molecule has 1 heterocycles. The second-order valence-electron chi connectivity index (χ2n) is 6.69. The van der Waals surface area contributed by atoms with Crippen molar-refractivity contribution in [3.05, 3.63) is 47.1 Å². The Morgan fingerprint density at radius 3 is 2.52 bits per heavy atom. The highest BCUT2D eigenvalue weighted by Crippen LogP contribution is 2.52. The topological polar surface area (TPSA) is 60.5 Å². The molecule has 0 unspecified atom stereocenters. The molecule has 128 valence electrons. The van der Waals surface area contributed by atoms with E-state index < -0.39 is 0 Å². The Labute approximate surface area is 146 Å². The second kappa shape index (κ2) is 6.25. The minimum Gasteiger partial charge on any atom is -0.454 e. The lowest BCUT2D eigenvalue weighted by molar-refractivity contribution is -0.121. The zero-order chi connectivity index (χ0) is 17.4. The number of ether oxygens (including phenoxy) is 1. The first-order chi connectivity index (χ1) is 12.2. The van der Waals surface area contributed by atoms with Crippen molar-refractivity contribution >= 4 is 11.6 Å². The van der Waals surface area contributed by atoms with Crippen molar-refractivity contribution in [3.8, 4) is 11.5 Å². The number of hydrogen-bond donors (Lipinski definition) is 1. The number of rotatable bonds is 6. The van der Waals surface area contributed by atoms with Crippen LogP contribution in [0.2, 0.25) is 0 Å². The van der Waals surface area contributed by atoms with Gasteiger partial charge in [0.05, 0.1) is 12.3 Å². The summed E-state index contributed by atoms with van der Waals surface area (Å²) in [7, 11) is 1.64. The van der Waals surface area contributed by atoms with Crippen molar-refractivity contribution in [2.45, 2.75) is 44.1 Å². The molecule has 2 saturated carbocycles. The lowest BCUT2D eigenvalue weighted by Gasteiger charge is -2.10. The Morgan fingerprint density at radius 2 is 1.96 bits per heavy atom. The zero-order valence-corrected chi connectivity index (χ0v) is 14.2. The summed E-state index contributed by atoms with van der Waals surface area (Å²) in [6, 6.07) is 7.14. The van der Waals surface area contributed by atoms with Gasteiger partial charge in [-0.25, -0.2) is 4.85 Å². The summed E-state index contributed by atoms with van der Waals surface area (Å²) in [4.78, 5) is 15.3. The lowest BCUT2D eigenvalue weighted by atomic mass is 10.2. The van der Waals surface area contributed by atoms with Gasteiger partial charge in [-0.3, -0.25) is 9.48 Å². The molecule has 1 amide bonds. The van der Waals surface area contributed by atoms with Gasteiger partial charge >= 0.3 is 0 Å². The fourth-order valence-electron chi connectivity index (χ4n) is 3.00. The summed E-state index contributed by atoms with van der Waals surface area (Å²) in [5.41, 5.74) is 2.60. The highest BCUT2D eigenvalue weighted by Gasteiger charge is 2.38. The van der Waals surface area contributed by atoms with E-state index in [0.717, 1.165) is 42.8 Å². The Balaban J connectivity index is 1.71. The molecule has 4 rings (SSSR count). The van der Waals surface area contributed by atoms with E-state index in [1.807, 2.05) is 16.8 Å². The van der Waals surface area contributed by atoms with Crippen molar-refractivity contribution in [1.82, 2.24) is 15.1 Å². The van der Waals surface area contributed by atoms with Crippen LogP contribution in [0.1, 0.15) is 48.9 Å². The largest absolute Gasteiger partial charge is 0.454 e. The highest BCUT2D eigenvalue weighted by molar-refractivity contribution is 5.75. The monoisotopic (exact) mass is 336 g/mol. The number of hydrogen-bond acceptors (Lipinski definition) is 3. The third kappa shape index (κ3) is 3.22. The van der Waals surface area contributed by atoms with Crippen molar-refractivity contribution in [1.29, 1.82) is 0 Å². The Hall–Kier alpha value is -2.81. The molecule has 6 nitrogen and oxygen atoms in total. The number of carbonyl (C=O) groups is 1. The molecule has 0 aliphatic heterocycles. The predicted octanol–water partition coefficient (Wildman–Crippen LogP) is 3.73. The van der Waals surface area contributed by atoms with Gasteiger partial charge in [0.25, 0.3) is 0 Å². The van der Waals surface area contributed by atoms with Gasteiger partial charge in [-0.2, -0.15) is 5.10 Å². The molecule has 0 atom stereocenters. The molecular formula is C19H20N4O2. The predicted molar refractivity (Wildman–Crippen MR) is 93.0 cm³/mol. The van der Waals surface area contributed by atoms with E-state index in [4.69, 9.17) is 16.4 Å². The summed E-state index contributed by atoms with van der Waals surface area (Å²) in [5.74, 6) is 2.32. The molecule has 2 aliphatic carbocycles. The first-order valence-electron chi connectivity index (χ1n) is 8.66. The first kappa shape index (κ1) is 15.7. The van der Waals surface area contributed by atoms with Crippen LogP contribution in [0.15, 0.2) is 24.3 Å². The summed E-state index contributed by atoms with van der Waals surface area (Å²) >= 11 is 0. The minimum atomic E-state index is -0.0558. The van der Waals surface area contributed by atoms with Gasteiger partial charge in [-0.05, 0) is 37.8 Å². The van der Waals surface area contributed by atoms with Gasteiger partial charge in [-0.15, -0.1) is 0 Å². The van der Waals surface area contributed by atoms with Gasteiger partial charge in [0, 0.05) is 18.9 Å². The number of carbonyl (C=O) groups excluding carboxylic acids is 1. The van der Waals surface area contributed by atoms with Crippen LogP contribution < -0.4 is 10.1 Å².